The van der Waals surface area contributed by atoms with Crippen molar-refractivity contribution in [3.8, 4) is 0 Å². The number of nitrogen functional groups attached to an aromatic ring is 1. The van der Waals surface area contributed by atoms with Crippen LogP contribution < -0.4 is 16.2 Å². The van der Waals surface area contributed by atoms with E-state index in [1.165, 1.54) is 6.33 Å². The molecule has 20 heavy (non-hydrogen) atoms. The second-order valence-electron chi connectivity index (χ2n) is 5.48. The molecule has 2 unspecified atom stereocenters. The van der Waals surface area contributed by atoms with Crippen LogP contribution in [0.4, 0.5) is 11.6 Å². The van der Waals surface area contributed by atoms with Crippen LogP contribution >= 0.6 is 0 Å². The lowest BCUT2D eigenvalue weighted by atomic mass is 10.1. The molecule has 0 saturated carbocycles. The van der Waals surface area contributed by atoms with Crippen molar-refractivity contribution in [3.05, 3.63) is 11.9 Å². The van der Waals surface area contributed by atoms with Gasteiger partial charge in [0.05, 0.1) is 6.10 Å². The zero-order valence-corrected chi connectivity index (χ0v) is 12.4. The van der Waals surface area contributed by atoms with E-state index in [0.29, 0.717) is 12.4 Å². The van der Waals surface area contributed by atoms with Gasteiger partial charge in [-0.3, -0.25) is 0 Å². The highest BCUT2D eigenvalue weighted by molar-refractivity contribution is 5.59. The van der Waals surface area contributed by atoms with Gasteiger partial charge in [0.2, 0.25) is 0 Å². The van der Waals surface area contributed by atoms with Gasteiger partial charge in [0.15, 0.2) is 0 Å². The number of hydrogen-bond acceptors (Lipinski definition) is 7. The monoisotopic (exact) mass is 280 g/mol. The number of hydrogen-bond donors (Lipinski definition) is 3. The lowest BCUT2D eigenvalue weighted by molar-refractivity contribution is 0.191. The molecule has 112 valence electrons. The van der Waals surface area contributed by atoms with Crippen LogP contribution in [0.1, 0.15) is 18.9 Å². The Kier molecular flexibility index (Phi) is 4.74. The van der Waals surface area contributed by atoms with Crippen molar-refractivity contribution in [1.29, 1.82) is 0 Å². The topological polar surface area (TPSA) is 90.5 Å². The Labute approximate surface area is 119 Å². The molecule has 0 bridgehead atoms. The molecule has 7 heteroatoms. The second-order valence-corrected chi connectivity index (χ2v) is 5.48. The Bertz CT molecular complexity index is 452. The Morgan fingerprint density at radius 1 is 1.50 bits per heavy atom. The first-order valence-electron chi connectivity index (χ1n) is 6.96. The van der Waals surface area contributed by atoms with Gasteiger partial charge in [0.25, 0.3) is 0 Å². The molecule has 1 aromatic rings. The summed E-state index contributed by atoms with van der Waals surface area (Å²) in [6, 6.07) is 0.255. The van der Waals surface area contributed by atoms with Crippen LogP contribution in [0.3, 0.4) is 0 Å². The molecule has 0 amide bonds. The summed E-state index contributed by atoms with van der Waals surface area (Å²) >= 11 is 0. The van der Waals surface area contributed by atoms with Gasteiger partial charge in [-0.05, 0) is 26.9 Å². The summed E-state index contributed by atoms with van der Waals surface area (Å²) in [5, 5.41) is 9.99. The zero-order chi connectivity index (χ0) is 14.7. The molecule has 0 aliphatic carbocycles. The molecule has 1 fully saturated rings. The predicted molar refractivity (Wildman–Crippen MR) is 79.5 cm³/mol. The second kappa shape index (κ2) is 6.34. The highest BCUT2D eigenvalue weighted by Crippen LogP contribution is 2.30. The number of aliphatic hydroxyl groups excluding tert-OH is 1. The van der Waals surface area contributed by atoms with E-state index in [-0.39, 0.29) is 12.1 Å². The fourth-order valence-corrected chi connectivity index (χ4v) is 2.85. The van der Waals surface area contributed by atoms with Crippen LogP contribution in [-0.2, 0) is 6.42 Å². The van der Waals surface area contributed by atoms with E-state index < -0.39 is 0 Å². The minimum atomic E-state index is -0.311. The molecule has 0 radical (unpaired) electrons. The van der Waals surface area contributed by atoms with Gasteiger partial charge in [-0.15, -0.1) is 0 Å². The van der Waals surface area contributed by atoms with E-state index in [1.54, 1.807) is 0 Å². The van der Waals surface area contributed by atoms with Crippen LogP contribution in [0.2, 0.25) is 0 Å². The van der Waals surface area contributed by atoms with E-state index in [0.717, 1.165) is 30.8 Å². The number of β-amino-alcohol motifs (C(OH)–C–C–N with tert-alkyl or cyclic N) is 1. The molecular weight excluding hydrogens is 256 g/mol. The number of hydrazine groups is 1. The Morgan fingerprint density at radius 2 is 2.25 bits per heavy atom. The third-order valence-corrected chi connectivity index (χ3v) is 3.65. The smallest absolute Gasteiger partial charge is 0.148 e. The van der Waals surface area contributed by atoms with E-state index in [2.05, 4.69) is 32.1 Å². The Balaban J connectivity index is 2.33. The van der Waals surface area contributed by atoms with Gasteiger partial charge < -0.3 is 20.3 Å². The molecule has 1 aliphatic rings. The molecular formula is C13H24N6O. The summed E-state index contributed by atoms with van der Waals surface area (Å²) in [7, 11) is 4.08. The SMILES string of the molecule is CCc1c(NN)ncnc1N1CC(O)CC1CN(C)C. The van der Waals surface area contributed by atoms with Gasteiger partial charge in [-0.2, -0.15) is 0 Å². The maximum Gasteiger partial charge on any atom is 0.148 e. The number of likely N-dealkylation sites (N-methyl/N-ethyl adjacent to an activating group) is 1. The van der Waals surface area contributed by atoms with Crippen LogP contribution in [0.15, 0.2) is 6.33 Å². The number of rotatable bonds is 5. The average Bonchev–Trinajstić information content (AvgIpc) is 2.77. The number of aliphatic hydroxyl groups is 1. The van der Waals surface area contributed by atoms with Crippen LogP contribution in [0.25, 0.3) is 0 Å². The summed E-state index contributed by atoms with van der Waals surface area (Å²) < 4.78 is 0. The largest absolute Gasteiger partial charge is 0.391 e. The molecule has 4 N–H and O–H groups in total. The fraction of sp³-hybridized carbons (Fsp3) is 0.692. The van der Waals surface area contributed by atoms with Crippen molar-refractivity contribution in [2.24, 2.45) is 5.84 Å². The Hall–Kier alpha value is -1.44. The molecule has 2 heterocycles. The first-order chi connectivity index (χ1) is 9.56. The van der Waals surface area contributed by atoms with Crippen molar-refractivity contribution in [3.63, 3.8) is 0 Å². The third-order valence-electron chi connectivity index (χ3n) is 3.65. The molecule has 7 nitrogen and oxygen atoms in total. The predicted octanol–water partition coefficient (Wildman–Crippen LogP) is -0.174. The number of aromatic nitrogens is 2. The highest BCUT2D eigenvalue weighted by Gasteiger charge is 2.33. The maximum absolute atomic E-state index is 9.99. The summed E-state index contributed by atoms with van der Waals surface area (Å²) in [6.07, 6.45) is 2.75. The number of anilines is 2. The number of nitrogens with one attached hydrogen (secondary N) is 1. The fourth-order valence-electron chi connectivity index (χ4n) is 2.85. The van der Waals surface area contributed by atoms with E-state index >= 15 is 0 Å². The lowest BCUT2D eigenvalue weighted by Crippen LogP contribution is -2.38. The lowest BCUT2D eigenvalue weighted by Gasteiger charge is -2.29. The van der Waals surface area contributed by atoms with E-state index in [1.807, 2.05) is 14.1 Å². The minimum absolute atomic E-state index is 0.255. The normalized spacial score (nSPS) is 22.6. The molecule has 2 rings (SSSR count). The average molecular weight is 280 g/mol. The van der Waals surface area contributed by atoms with Crippen LogP contribution in [0, 0.1) is 0 Å². The maximum atomic E-state index is 9.99. The summed E-state index contributed by atoms with van der Waals surface area (Å²) in [6.45, 7) is 3.54. The van der Waals surface area contributed by atoms with Gasteiger partial charge in [-0.25, -0.2) is 15.8 Å². The van der Waals surface area contributed by atoms with Crippen molar-refractivity contribution < 1.29 is 5.11 Å². The Morgan fingerprint density at radius 3 is 2.85 bits per heavy atom. The van der Waals surface area contributed by atoms with Crippen molar-refractivity contribution in [2.45, 2.75) is 31.9 Å². The van der Waals surface area contributed by atoms with Crippen LogP contribution in [0.5, 0.6) is 0 Å². The standard InChI is InChI=1S/C13H24N6O/c1-4-11-12(17-14)15-8-16-13(11)19-7-10(20)5-9(19)6-18(2)3/h8-10,20H,4-7,14H2,1-3H3,(H,15,16,17). The molecule has 1 aliphatic heterocycles. The van der Waals surface area contributed by atoms with Crippen molar-refractivity contribution >= 4 is 11.6 Å². The third kappa shape index (κ3) is 3.00. The van der Waals surface area contributed by atoms with E-state index in [4.69, 9.17) is 5.84 Å². The molecule has 0 aromatic carbocycles. The first kappa shape index (κ1) is 15.0. The molecule has 1 saturated heterocycles. The quantitative estimate of drug-likeness (QED) is 0.509. The van der Waals surface area contributed by atoms with Gasteiger partial charge >= 0.3 is 0 Å². The van der Waals surface area contributed by atoms with Crippen molar-refractivity contribution in [2.75, 3.05) is 37.5 Å². The number of nitrogens with zero attached hydrogens (tertiary/aromatic N) is 4. The summed E-state index contributed by atoms with van der Waals surface area (Å²) in [5.41, 5.74) is 3.62. The zero-order valence-electron chi connectivity index (χ0n) is 12.4. The highest BCUT2D eigenvalue weighted by atomic mass is 16.3. The molecule has 1 aromatic heterocycles. The van der Waals surface area contributed by atoms with Gasteiger partial charge in [0, 0.05) is 24.7 Å². The van der Waals surface area contributed by atoms with E-state index in [9.17, 15) is 5.11 Å². The van der Waals surface area contributed by atoms with Crippen LogP contribution in [-0.4, -0.2) is 59.3 Å². The number of nitrogens with two attached hydrogens (primary N) is 1. The van der Waals surface area contributed by atoms with Gasteiger partial charge in [-0.1, -0.05) is 6.92 Å². The summed E-state index contributed by atoms with van der Waals surface area (Å²) in [4.78, 5) is 12.9. The first-order valence-corrected chi connectivity index (χ1v) is 6.96. The molecule has 2 atom stereocenters. The molecule has 0 spiro atoms. The minimum Gasteiger partial charge on any atom is -0.391 e. The van der Waals surface area contributed by atoms with Gasteiger partial charge in [0.1, 0.15) is 18.0 Å². The van der Waals surface area contributed by atoms with Crippen molar-refractivity contribution in [1.82, 2.24) is 14.9 Å². The summed E-state index contributed by atoms with van der Waals surface area (Å²) in [5.74, 6) is 7.05.